The number of hydrogen-bond donors (Lipinski definition) is 2. The number of methoxy groups -OCH3 is 1. The van der Waals surface area contributed by atoms with Crippen LogP contribution in [0.1, 0.15) is 17.3 Å². The zero-order valence-corrected chi connectivity index (χ0v) is 17.5. The first-order valence-corrected chi connectivity index (χ1v) is 9.44. The lowest BCUT2D eigenvalue weighted by molar-refractivity contribution is -0.122. The van der Waals surface area contributed by atoms with Gasteiger partial charge in [-0.05, 0) is 43.3 Å². The van der Waals surface area contributed by atoms with Crippen molar-refractivity contribution in [2.24, 2.45) is 0 Å². The number of carbonyl (C=O) groups excluding carboxylic acids is 2. The van der Waals surface area contributed by atoms with Gasteiger partial charge in [-0.15, -0.1) is 0 Å². The Morgan fingerprint density at radius 3 is 2.46 bits per heavy atom. The number of rotatable bonds is 8. The molecule has 0 aliphatic rings. The Bertz CT molecular complexity index is 861. The Hall–Kier alpha value is -1.99. The number of ether oxygens (including phenoxy) is 2. The highest BCUT2D eigenvalue weighted by atomic mass is 35.5. The van der Waals surface area contributed by atoms with Gasteiger partial charge in [0.05, 0.1) is 22.2 Å². The zero-order chi connectivity index (χ0) is 20.7. The van der Waals surface area contributed by atoms with E-state index in [0.29, 0.717) is 40.2 Å². The molecule has 2 aromatic carbocycles. The lowest BCUT2D eigenvalue weighted by Crippen LogP contribution is -2.30. The minimum atomic E-state index is -0.825. The van der Waals surface area contributed by atoms with Gasteiger partial charge in [0.15, 0.2) is 6.10 Å². The second-order valence-electron chi connectivity index (χ2n) is 5.77. The van der Waals surface area contributed by atoms with Crippen LogP contribution in [0.2, 0.25) is 15.1 Å². The predicted molar refractivity (Wildman–Crippen MR) is 111 cm³/mol. The molecule has 0 saturated heterocycles. The predicted octanol–water partition coefficient (Wildman–Crippen LogP) is 4.43. The minimum Gasteiger partial charge on any atom is -0.479 e. The Balaban J connectivity index is 1.99. The van der Waals surface area contributed by atoms with E-state index in [1.807, 2.05) is 0 Å². The number of nitrogens with one attached hydrogen (secondary N) is 2. The highest BCUT2D eigenvalue weighted by Gasteiger charge is 2.18. The molecule has 2 N–H and O–H groups in total. The van der Waals surface area contributed by atoms with Gasteiger partial charge < -0.3 is 20.1 Å². The first kappa shape index (κ1) is 22.3. The highest BCUT2D eigenvalue weighted by Crippen LogP contribution is 2.28. The summed E-state index contributed by atoms with van der Waals surface area (Å²) >= 11 is 18.1. The van der Waals surface area contributed by atoms with Crippen LogP contribution in [-0.4, -0.2) is 38.2 Å². The van der Waals surface area contributed by atoms with Crippen LogP contribution in [-0.2, 0) is 9.53 Å². The van der Waals surface area contributed by atoms with Crippen molar-refractivity contribution >= 4 is 52.3 Å². The Morgan fingerprint density at radius 2 is 1.82 bits per heavy atom. The van der Waals surface area contributed by atoms with Gasteiger partial charge in [0.2, 0.25) is 0 Å². The maximum absolute atomic E-state index is 12.4. The SMILES string of the molecule is COCCNC(=O)c1ccc(NC(=O)C(C)Oc2ccc(Cl)cc2Cl)cc1Cl. The molecule has 0 aromatic heterocycles. The molecule has 0 radical (unpaired) electrons. The standard InChI is InChI=1S/C19H19Cl3N2O4/c1-11(28-17-6-3-12(20)9-16(17)22)18(25)24-13-4-5-14(15(21)10-13)19(26)23-7-8-27-2/h3-6,9-11H,7-8H2,1-2H3,(H,23,26)(H,24,25). The van der Waals surface area contributed by atoms with Gasteiger partial charge in [-0.25, -0.2) is 0 Å². The summed E-state index contributed by atoms with van der Waals surface area (Å²) in [5, 5.41) is 6.34. The summed E-state index contributed by atoms with van der Waals surface area (Å²) in [5.74, 6) is -0.386. The van der Waals surface area contributed by atoms with E-state index in [1.165, 1.54) is 18.2 Å². The summed E-state index contributed by atoms with van der Waals surface area (Å²) in [7, 11) is 1.54. The molecule has 1 unspecified atom stereocenters. The molecule has 0 fully saturated rings. The smallest absolute Gasteiger partial charge is 0.265 e. The Labute approximate surface area is 178 Å². The number of benzene rings is 2. The first-order chi connectivity index (χ1) is 13.3. The van der Waals surface area contributed by atoms with Crippen LogP contribution in [0, 0.1) is 0 Å². The molecule has 1 atom stereocenters. The molecule has 9 heteroatoms. The zero-order valence-electron chi connectivity index (χ0n) is 15.2. The van der Waals surface area contributed by atoms with Crippen molar-refractivity contribution < 1.29 is 19.1 Å². The van der Waals surface area contributed by atoms with Gasteiger partial charge in [-0.1, -0.05) is 34.8 Å². The monoisotopic (exact) mass is 444 g/mol. The average molecular weight is 446 g/mol. The van der Waals surface area contributed by atoms with Crippen LogP contribution >= 0.6 is 34.8 Å². The third-order valence-corrected chi connectivity index (χ3v) is 4.48. The van der Waals surface area contributed by atoms with Crippen molar-refractivity contribution in [3.8, 4) is 5.75 Å². The van der Waals surface area contributed by atoms with Gasteiger partial charge in [-0.3, -0.25) is 9.59 Å². The molecule has 6 nitrogen and oxygen atoms in total. The van der Waals surface area contributed by atoms with Crippen LogP contribution < -0.4 is 15.4 Å². The molecular weight excluding hydrogens is 427 g/mol. The maximum Gasteiger partial charge on any atom is 0.265 e. The van der Waals surface area contributed by atoms with E-state index in [2.05, 4.69) is 10.6 Å². The maximum atomic E-state index is 12.4. The number of anilines is 1. The van der Waals surface area contributed by atoms with Crippen molar-refractivity contribution in [3.05, 3.63) is 57.0 Å². The summed E-state index contributed by atoms with van der Waals surface area (Å²) in [5.41, 5.74) is 0.731. The normalized spacial score (nSPS) is 11.6. The second-order valence-corrected chi connectivity index (χ2v) is 7.02. The quantitative estimate of drug-likeness (QED) is 0.589. The van der Waals surface area contributed by atoms with Gasteiger partial charge in [-0.2, -0.15) is 0 Å². The summed E-state index contributed by atoms with van der Waals surface area (Å²) in [6.07, 6.45) is -0.825. The fraction of sp³-hybridized carbons (Fsp3) is 0.263. The number of carbonyl (C=O) groups is 2. The molecule has 0 bridgehead atoms. The third-order valence-electron chi connectivity index (χ3n) is 3.64. The van der Waals surface area contributed by atoms with E-state index in [1.54, 1.807) is 32.2 Å². The first-order valence-electron chi connectivity index (χ1n) is 8.31. The molecule has 0 spiro atoms. The minimum absolute atomic E-state index is 0.210. The topological polar surface area (TPSA) is 76.7 Å². The Morgan fingerprint density at radius 1 is 1.07 bits per heavy atom. The van der Waals surface area contributed by atoms with Crippen molar-refractivity contribution in [1.82, 2.24) is 5.32 Å². The molecule has 28 heavy (non-hydrogen) atoms. The van der Waals surface area contributed by atoms with Crippen LogP contribution in [0.15, 0.2) is 36.4 Å². The highest BCUT2D eigenvalue weighted by molar-refractivity contribution is 6.35. The van der Waals surface area contributed by atoms with E-state index >= 15 is 0 Å². The van der Waals surface area contributed by atoms with E-state index in [-0.39, 0.29) is 10.9 Å². The molecule has 2 amide bonds. The molecule has 0 saturated carbocycles. The van der Waals surface area contributed by atoms with E-state index in [9.17, 15) is 9.59 Å². The Kier molecular flexibility index (Phi) is 8.38. The largest absolute Gasteiger partial charge is 0.479 e. The van der Waals surface area contributed by atoms with Crippen molar-refractivity contribution in [1.29, 1.82) is 0 Å². The second kappa shape index (κ2) is 10.5. The molecular formula is C19H19Cl3N2O4. The van der Waals surface area contributed by atoms with Gasteiger partial charge in [0.25, 0.3) is 11.8 Å². The number of hydrogen-bond acceptors (Lipinski definition) is 4. The van der Waals surface area contributed by atoms with Crippen LogP contribution in [0.5, 0.6) is 5.75 Å². The average Bonchev–Trinajstić information content (AvgIpc) is 2.64. The lowest BCUT2D eigenvalue weighted by Gasteiger charge is -2.16. The van der Waals surface area contributed by atoms with Gasteiger partial charge >= 0.3 is 0 Å². The van der Waals surface area contributed by atoms with Crippen LogP contribution in [0.4, 0.5) is 5.69 Å². The van der Waals surface area contributed by atoms with E-state index in [4.69, 9.17) is 44.3 Å². The van der Waals surface area contributed by atoms with Gasteiger partial charge in [0, 0.05) is 24.4 Å². The van der Waals surface area contributed by atoms with Crippen molar-refractivity contribution in [2.45, 2.75) is 13.0 Å². The fourth-order valence-corrected chi connectivity index (χ4v) is 2.92. The fourth-order valence-electron chi connectivity index (χ4n) is 2.20. The summed E-state index contributed by atoms with van der Waals surface area (Å²) in [4.78, 5) is 24.4. The summed E-state index contributed by atoms with van der Waals surface area (Å²) in [6.45, 7) is 2.35. The number of amides is 2. The van der Waals surface area contributed by atoms with Crippen LogP contribution in [0.3, 0.4) is 0 Å². The molecule has 0 aliphatic carbocycles. The van der Waals surface area contributed by atoms with Crippen LogP contribution in [0.25, 0.3) is 0 Å². The molecule has 2 aromatic rings. The number of halogens is 3. The third kappa shape index (κ3) is 6.27. The van der Waals surface area contributed by atoms with Gasteiger partial charge in [0.1, 0.15) is 5.75 Å². The molecule has 0 aliphatic heterocycles. The van der Waals surface area contributed by atoms with E-state index < -0.39 is 12.0 Å². The van der Waals surface area contributed by atoms with Crippen molar-refractivity contribution in [3.63, 3.8) is 0 Å². The lowest BCUT2D eigenvalue weighted by atomic mass is 10.2. The summed E-state index contributed by atoms with van der Waals surface area (Å²) in [6, 6.07) is 9.33. The van der Waals surface area contributed by atoms with Crippen molar-refractivity contribution in [2.75, 3.05) is 25.6 Å². The molecule has 2 rings (SSSR count). The molecule has 0 heterocycles. The summed E-state index contributed by atoms with van der Waals surface area (Å²) < 4.78 is 10.4. The van der Waals surface area contributed by atoms with E-state index in [0.717, 1.165) is 0 Å². The molecule has 150 valence electrons.